The minimum absolute atomic E-state index is 0. The zero-order valence-electron chi connectivity index (χ0n) is 16.9. The lowest BCUT2D eigenvalue weighted by Crippen LogP contribution is -2.42. The van der Waals surface area contributed by atoms with Crippen molar-refractivity contribution in [1.29, 1.82) is 0 Å². The number of aryl methyl sites for hydroxylation is 2. The van der Waals surface area contributed by atoms with E-state index in [0.717, 1.165) is 31.0 Å². The summed E-state index contributed by atoms with van der Waals surface area (Å²) in [6, 6.07) is 5.16. The van der Waals surface area contributed by atoms with Crippen molar-refractivity contribution in [2.45, 2.75) is 45.4 Å². The Morgan fingerprint density at radius 1 is 1.43 bits per heavy atom. The molecule has 11 heteroatoms. The number of hydrogen-bond acceptors (Lipinski definition) is 5. The van der Waals surface area contributed by atoms with E-state index in [1.807, 2.05) is 18.5 Å². The molecule has 0 spiro atoms. The fraction of sp³-hybridized carbons (Fsp3) is 0.526. The molecule has 0 amide bonds. The van der Waals surface area contributed by atoms with E-state index >= 15 is 0 Å². The number of fused-ring (bicyclic) bond motifs is 1. The number of rotatable bonds is 7. The smallest absolute Gasteiger partial charge is 0.191 e. The van der Waals surface area contributed by atoms with Crippen LogP contribution >= 0.6 is 47.2 Å². The number of nitrogens with zero attached hydrogens (tertiary/aromatic N) is 4. The van der Waals surface area contributed by atoms with Gasteiger partial charge in [-0.25, -0.2) is 9.67 Å². The first-order chi connectivity index (χ1) is 14.0. The van der Waals surface area contributed by atoms with Gasteiger partial charge in [0.05, 0.1) is 17.6 Å². The molecule has 1 aliphatic rings. The van der Waals surface area contributed by atoms with Gasteiger partial charge in [0, 0.05) is 13.1 Å². The summed E-state index contributed by atoms with van der Waals surface area (Å²) in [6.07, 6.45) is 1.17. The van der Waals surface area contributed by atoms with Gasteiger partial charge in [0.25, 0.3) is 0 Å². The zero-order chi connectivity index (χ0) is 20.8. The Hall–Kier alpha value is -1.30. The number of aliphatic hydroxyl groups excluding tert-OH is 1. The van der Waals surface area contributed by atoms with Crippen molar-refractivity contribution < 1.29 is 9.84 Å². The number of aromatic nitrogens is 3. The molecule has 2 atom stereocenters. The lowest BCUT2D eigenvalue weighted by atomic mass is 10.1. The van der Waals surface area contributed by atoms with Crippen LogP contribution in [0.15, 0.2) is 23.2 Å². The Labute approximate surface area is 203 Å². The predicted molar refractivity (Wildman–Crippen MR) is 129 cm³/mol. The molecular weight excluding hydrogens is 542 g/mol. The Morgan fingerprint density at radius 2 is 2.23 bits per heavy atom. The number of aliphatic hydroxyl groups is 1. The highest BCUT2D eigenvalue weighted by molar-refractivity contribution is 14.0. The lowest BCUT2D eigenvalue weighted by molar-refractivity contribution is 0.114. The van der Waals surface area contributed by atoms with Crippen LogP contribution in [-0.2, 0) is 6.54 Å². The molecule has 3 rings (SSSR count). The summed E-state index contributed by atoms with van der Waals surface area (Å²) < 4.78 is 7.51. The van der Waals surface area contributed by atoms with Crippen molar-refractivity contribution in [1.82, 2.24) is 25.4 Å². The molecule has 2 aromatic rings. The second kappa shape index (κ2) is 11.9. The summed E-state index contributed by atoms with van der Waals surface area (Å²) in [5, 5.41) is 22.0. The molecule has 0 aliphatic carbocycles. The molecule has 0 saturated carbocycles. The van der Waals surface area contributed by atoms with Crippen molar-refractivity contribution in [3.63, 3.8) is 0 Å². The molecule has 1 aromatic carbocycles. The molecular formula is C19H27Cl2IN6O2. The normalized spacial score (nSPS) is 17.0. The number of hydrogen-bond donors (Lipinski definition) is 3. The fourth-order valence-electron chi connectivity index (χ4n) is 3.12. The van der Waals surface area contributed by atoms with E-state index in [9.17, 15) is 5.11 Å². The summed E-state index contributed by atoms with van der Waals surface area (Å²) in [4.78, 5) is 9.02. The van der Waals surface area contributed by atoms with Gasteiger partial charge < -0.3 is 20.5 Å². The maximum Gasteiger partial charge on any atom is 0.191 e. The van der Waals surface area contributed by atoms with Gasteiger partial charge in [0.1, 0.15) is 35.1 Å². The standard InChI is InChI=1S/C19H26Cl2N6O2.HI/c1-3-22-19(25-15-7-5-9-27-18(15)24-12(2)26-27)23-10-13(28)11-29-16-8-4-6-14(20)17(16)21;/h4,6,8,13,15,28H,3,5,7,9-11H2,1-2H3,(H2,22,23,25);1H. The van der Waals surface area contributed by atoms with Crippen molar-refractivity contribution in [3.8, 4) is 5.75 Å². The number of ether oxygens (including phenoxy) is 1. The monoisotopic (exact) mass is 568 g/mol. The van der Waals surface area contributed by atoms with E-state index in [2.05, 4.69) is 25.7 Å². The van der Waals surface area contributed by atoms with E-state index < -0.39 is 6.10 Å². The van der Waals surface area contributed by atoms with Gasteiger partial charge in [-0.15, -0.1) is 24.0 Å². The molecule has 2 unspecified atom stereocenters. The summed E-state index contributed by atoms with van der Waals surface area (Å²) in [5.74, 6) is 2.73. The van der Waals surface area contributed by atoms with Gasteiger partial charge in [-0.3, -0.25) is 4.99 Å². The van der Waals surface area contributed by atoms with Crippen LogP contribution in [0.25, 0.3) is 0 Å². The van der Waals surface area contributed by atoms with Crippen LogP contribution in [0, 0.1) is 6.92 Å². The van der Waals surface area contributed by atoms with Crippen LogP contribution in [0.4, 0.5) is 0 Å². The molecule has 2 heterocycles. The Kier molecular flexibility index (Phi) is 9.92. The number of nitrogens with one attached hydrogen (secondary N) is 2. The van der Waals surface area contributed by atoms with Crippen LogP contribution in [-0.4, -0.2) is 51.6 Å². The fourth-order valence-corrected chi connectivity index (χ4v) is 3.47. The molecule has 0 bridgehead atoms. The van der Waals surface area contributed by atoms with E-state index in [1.165, 1.54) is 0 Å². The molecule has 0 radical (unpaired) electrons. The first-order valence-electron chi connectivity index (χ1n) is 9.69. The van der Waals surface area contributed by atoms with Crippen LogP contribution < -0.4 is 15.4 Å². The Balaban J connectivity index is 0.00000320. The average molecular weight is 569 g/mol. The van der Waals surface area contributed by atoms with Crippen LogP contribution in [0.5, 0.6) is 5.75 Å². The molecule has 8 nitrogen and oxygen atoms in total. The predicted octanol–water partition coefficient (Wildman–Crippen LogP) is 3.34. The average Bonchev–Trinajstić information content (AvgIpc) is 3.08. The van der Waals surface area contributed by atoms with Crippen LogP contribution in [0.3, 0.4) is 0 Å². The topological polar surface area (TPSA) is 96.6 Å². The first kappa shape index (κ1) is 25.0. The van der Waals surface area contributed by atoms with E-state index in [-0.39, 0.29) is 43.2 Å². The maximum atomic E-state index is 10.3. The lowest BCUT2D eigenvalue weighted by Gasteiger charge is -2.25. The van der Waals surface area contributed by atoms with Crippen molar-refractivity contribution in [2.24, 2.45) is 4.99 Å². The molecule has 1 aromatic heterocycles. The second-order valence-electron chi connectivity index (χ2n) is 6.82. The van der Waals surface area contributed by atoms with Gasteiger partial charge in [0.2, 0.25) is 0 Å². The quantitative estimate of drug-likeness (QED) is 0.269. The third kappa shape index (κ3) is 6.60. The molecule has 0 saturated heterocycles. The number of halogens is 3. The van der Waals surface area contributed by atoms with Crippen molar-refractivity contribution >= 4 is 53.1 Å². The largest absolute Gasteiger partial charge is 0.489 e. The summed E-state index contributed by atoms with van der Waals surface area (Å²) in [5.41, 5.74) is 0. The first-order valence-corrected chi connectivity index (χ1v) is 10.4. The zero-order valence-corrected chi connectivity index (χ0v) is 20.8. The van der Waals surface area contributed by atoms with Crippen LogP contribution in [0.2, 0.25) is 10.0 Å². The summed E-state index contributed by atoms with van der Waals surface area (Å²) in [7, 11) is 0. The summed E-state index contributed by atoms with van der Waals surface area (Å²) >= 11 is 12.1. The second-order valence-corrected chi connectivity index (χ2v) is 7.60. The third-order valence-electron chi connectivity index (χ3n) is 4.44. The molecule has 30 heavy (non-hydrogen) atoms. The SMILES string of the molecule is CCNC(=NCC(O)COc1cccc(Cl)c1Cl)NC1CCCn2nc(C)nc21.I. The Morgan fingerprint density at radius 3 is 3.00 bits per heavy atom. The van der Waals surface area contributed by atoms with Gasteiger partial charge in [-0.2, -0.15) is 5.10 Å². The van der Waals surface area contributed by atoms with E-state index in [1.54, 1.807) is 18.2 Å². The number of aliphatic imine (C=N–C) groups is 1. The molecule has 0 fully saturated rings. The molecule has 3 N–H and O–H groups in total. The highest BCUT2D eigenvalue weighted by Gasteiger charge is 2.24. The number of guanidine groups is 1. The molecule has 1 aliphatic heterocycles. The van der Waals surface area contributed by atoms with Crippen LogP contribution in [0.1, 0.15) is 37.5 Å². The van der Waals surface area contributed by atoms with Gasteiger partial charge in [-0.05, 0) is 38.8 Å². The van der Waals surface area contributed by atoms with Gasteiger partial charge in [0.15, 0.2) is 5.96 Å². The molecule has 166 valence electrons. The van der Waals surface area contributed by atoms with Gasteiger partial charge in [-0.1, -0.05) is 29.3 Å². The van der Waals surface area contributed by atoms with Gasteiger partial charge >= 0.3 is 0 Å². The third-order valence-corrected chi connectivity index (χ3v) is 5.24. The van der Waals surface area contributed by atoms with Crippen molar-refractivity contribution in [2.75, 3.05) is 19.7 Å². The van der Waals surface area contributed by atoms with Crippen molar-refractivity contribution in [3.05, 3.63) is 39.9 Å². The van der Waals surface area contributed by atoms with E-state index in [4.69, 9.17) is 27.9 Å². The van der Waals surface area contributed by atoms with E-state index in [0.29, 0.717) is 28.3 Å². The Bertz CT molecular complexity index is 864. The minimum atomic E-state index is -0.794. The highest BCUT2D eigenvalue weighted by Crippen LogP contribution is 2.31. The maximum absolute atomic E-state index is 10.3. The highest BCUT2D eigenvalue weighted by atomic mass is 127. The number of benzene rings is 1. The minimum Gasteiger partial charge on any atom is -0.489 e. The summed E-state index contributed by atoms with van der Waals surface area (Å²) in [6.45, 7) is 5.70.